The van der Waals surface area contributed by atoms with Crippen LogP contribution in [0.4, 0.5) is 0 Å². The van der Waals surface area contributed by atoms with Crippen LogP contribution in [0.15, 0.2) is 29.6 Å². The van der Waals surface area contributed by atoms with Gasteiger partial charge in [-0.2, -0.15) is 0 Å². The number of aliphatic hydroxyl groups excluding tert-OH is 1. The van der Waals surface area contributed by atoms with E-state index in [1.54, 1.807) is 6.07 Å². The van der Waals surface area contributed by atoms with E-state index in [-0.39, 0.29) is 5.60 Å². The summed E-state index contributed by atoms with van der Waals surface area (Å²) in [6.45, 7) is 4.11. The van der Waals surface area contributed by atoms with Crippen LogP contribution in [0.5, 0.6) is 5.75 Å². The normalized spacial score (nSPS) is 17.9. The maximum Gasteiger partial charge on any atom is 0.129 e. The zero-order chi connectivity index (χ0) is 13.6. The Hall–Kier alpha value is -1.03. The third-order valence-electron chi connectivity index (χ3n) is 3.31. The Balaban J connectivity index is 2.04. The Kier molecular flexibility index (Phi) is 3.08. The van der Waals surface area contributed by atoms with E-state index < -0.39 is 6.10 Å². The predicted octanol–water partition coefficient (Wildman–Crippen LogP) is 4.20. The minimum absolute atomic E-state index is 0.211. The summed E-state index contributed by atoms with van der Waals surface area (Å²) in [6, 6.07) is 7.72. The van der Waals surface area contributed by atoms with E-state index in [1.165, 1.54) is 11.3 Å². The van der Waals surface area contributed by atoms with Gasteiger partial charge in [0.2, 0.25) is 0 Å². The van der Waals surface area contributed by atoms with Crippen LogP contribution < -0.4 is 4.74 Å². The molecular weight excluding hydrogens is 280 g/mol. The van der Waals surface area contributed by atoms with E-state index in [4.69, 9.17) is 16.3 Å². The molecule has 3 rings (SSSR count). The number of para-hydroxylation sites is 1. The van der Waals surface area contributed by atoms with Gasteiger partial charge in [0.25, 0.3) is 0 Å². The van der Waals surface area contributed by atoms with Crippen molar-refractivity contribution in [3.63, 3.8) is 0 Å². The first-order chi connectivity index (χ1) is 8.98. The van der Waals surface area contributed by atoms with Crippen LogP contribution >= 0.6 is 22.9 Å². The molecule has 2 heterocycles. The van der Waals surface area contributed by atoms with Gasteiger partial charge in [-0.05, 0) is 30.9 Å². The van der Waals surface area contributed by atoms with E-state index in [0.717, 1.165) is 28.2 Å². The lowest BCUT2D eigenvalue weighted by Gasteiger charge is -2.19. The molecule has 1 atom stereocenters. The third-order valence-corrected chi connectivity index (χ3v) is 4.72. The third kappa shape index (κ3) is 2.27. The second-order valence-electron chi connectivity index (χ2n) is 5.41. The second-order valence-corrected chi connectivity index (χ2v) is 6.76. The molecule has 1 unspecified atom stereocenters. The van der Waals surface area contributed by atoms with Crippen molar-refractivity contribution in [1.29, 1.82) is 0 Å². The lowest BCUT2D eigenvalue weighted by molar-refractivity contribution is 0.131. The molecular formula is C15H15ClO2S. The smallest absolute Gasteiger partial charge is 0.129 e. The zero-order valence-electron chi connectivity index (χ0n) is 10.8. The van der Waals surface area contributed by atoms with Crippen LogP contribution in [-0.2, 0) is 6.42 Å². The summed E-state index contributed by atoms with van der Waals surface area (Å²) in [7, 11) is 0. The topological polar surface area (TPSA) is 29.5 Å². The number of hydrogen-bond donors (Lipinski definition) is 1. The molecule has 0 aliphatic carbocycles. The first-order valence-electron chi connectivity index (χ1n) is 6.20. The summed E-state index contributed by atoms with van der Waals surface area (Å²) in [5.74, 6) is 0.810. The Morgan fingerprint density at radius 2 is 2.16 bits per heavy atom. The summed E-state index contributed by atoms with van der Waals surface area (Å²) in [5.41, 5.74) is 1.74. The highest BCUT2D eigenvalue weighted by molar-refractivity contribution is 7.10. The molecule has 1 aliphatic heterocycles. The lowest BCUT2D eigenvalue weighted by atomic mass is 9.98. The molecule has 0 bridgehead atoms. The fraction of sp³-hybridized carbons (Fsp3) is 0.333. The monoisotopic (exact) mass is 294 g/mol. The van der Waals surface area contributed by atoms with Crippen molar-refractivity contribution >= 4 is 22.9 Å². The number of benzene rings is 1. The van der Waals surface area contributed by atoms with Gasteiger partial charge in [0.05, 0.1) is 9.90 Å². The van der Waals surface area contributed by atoms with Crippen molar-refractivity contribution in [1.82, 2.24) is 0 Å². The van der Waals surface area contributed by atoms with Crippen LogP contribution in [0, 0.1) is 0 Å². The van der Waals surface area contributed by atoms with Crippen LogP contribution in [-0.4, -0.2) is 10.7 Å². The van der Waals surface area contributed by atoms with Gasteiger partial charge in [0, 0.05) is 12.0 Å². The molecule has 2 nitrogen and oxygen atoms in total. The van der Waals surface area contributed by atoms with Gasteiger partial charge >= 0.3 is 0 Å². The maximum absolute atomic E-state index is 10.5. The van der Waals surface area contributed by atoms with Crippen molar-refractivity contribution in [3.8, 4) is 5.75 Å². The van der Waals surface area contributed by atoms with Gasteiger partial charge in [0.15, 0.2) is 0 Å². The van der Waals surface area contributed by atoms with Gasteiger partial charge in [-0.25, -0.2) is 0 Å². The van der Waals surface area contributed by atoms with Crippen LogP contribution in [0.2, 0.25) is 5.02 Å². The van der Waals surface area contributed by atoms with Crippen molar-refractivity contribution in [2.45, 2.75) is 32.0 Å². The molecule has 19 heavy (non-hydrogen) atoms. The highest BCUT2D eigenvalue weighted by atomic mass is 35.5. The number of rotatable bonds is 2. The summed E-state index contributed by atoms with van der Waals surface area (Å²) in [5, 5.41) is 13.0. The van der Waals surface area contributed by atoms with E-state index in [0.29, 0.717) is 5.02 Å². The summed E-state index contributed by atoms with van der Waals surface area (Å²) < 4.78 is 5.99. The summed E-state index contributed by atoms with van der Waals surface area (Å²) in [6.07, 6.45) is 0.137. The quantitative estimate of drug-likeness (QED) is 0.899. The maximum atomic E-state index is 10.5. The van der Waals surface area contributed by atoms with Crippen molar-refractivity contribution < 1.29 is 9.84 Å². The molecule has 100 valence electrons. The summed E-state index contributed by atoms with van der Waals surface area (Å²) >= 11 is 7.56. The fourth-order valence-electron chi connectivity index (χ4n) is 2.50. The molecule has 1 aromatic carbocycles. The highest BCUT2D eigenvalue weighted by Gasteiger charge is 2.33. The zero-order valence-corrected chi connectivity index (χ0v) is 12.4. The number of aliphatic hydroxyl groups is 1. The fourth-order valence-corrected chi connectivity index (χ4v) is 3.66. The Bertz CT molecular complexity index is 618. The minimum Gasteiger partial charge on any atom is -0.487 e. The van der Waals surface area contributed by atoms with Gasteiger partial charge in [0.1, 0.15) is 17.5 Å². The second kappa shape index (κ2) is 4.51. The number of halogens is 1. The first kappa shape index (κ1) is 13.0. The molecule has 0 saturated heterocycles. The Labute approximate surface area is 121 Å². The minimum atomic E-state index is -0.726. The molecule has 0 spiro atoms. The van der Waals surface area contributed by atoms with Crippen molar-refractivity contribution in [2.75, 3.05) is 0 Å². The molecule has 0 saturated carbocycles. The predicted molar refractivity (Wildman–Crippen MR) is 78.2 cm³/mol. The molecule has 0 radical (unpaired) electrons. The number of hydrogen-bond acceptors (Lipinski definition) is 3. The molecule has 0 amide bonds. The Morgan fingerprint density at radius 1 is 1.37 bits per heavy atom. The van der Waals surface area contributed by atoms with Crippen LogP contribution in [0.3, 0.4) is 0 Å². The SMILES string of the molecule is CC1(C)Cc2cccc(C(O)c3sccc3Cl)c2O1. The molecule has 1 N–H and O–H groups in total. The van der Waals surface area contributed by atoms with E-state index in [1.807, 2.05) is 17.5 Å². The van der Waals surface area contributed by atoms with Crippen molar-refractivity contribution in [3.05, 3.63) is 50.7 Å². The van der Waals surface area contributed by atoms with Gasteiger partial charge in [-0.15, -0.1) is 11.3 Å². The average molecular weight is 295 g/mol. The number of fused-ring (bicyclic) bond motifs is 1. The van der Waals surface area contributed by atoms with E-state index in [9.17, 15) is 5.11 Å². The van der Waals surface area contributed by atoms with Crippen LogP contribution in [0.1, 0.15) is 36.0 Å². The van der Waals surface area contributed by atoms with E-state index >= 15 is 0 Å². The molecule has 4 heteroatoms. The standard InChI is InChI=1S/C15H15ClO2S/c1-15(2)8-9-4-3-5-10(13(9)18-15)12(17)14-11(16)6-7-19-14/h3-7,12,17H,8H2,1-2H3. The molecule has 2 aromatic rings. The highest BCUT2D eigenvalue weighted by Crippen LogP contribution is 2.43. The largest absolute Gasteiger partial charge is 0.487 e. The summed E-state index contributed by atoms with van der Waals surface area (Å²) in [4.78, 5) is 0.767. The molecule has 1 aliphatic rings. The van der Waals surface area contributed by atoms with Crippen LogP contribution in [0.25, 0.3) is 0 Å². The van der Waals surface area contributed by atoms with Gasteiger partial charge < -0.3 is 9.84 Å². The number of ether oxygens (including phenoxy) is 1. The van der Waals surface area contributed by atoms with Gasteiger partial charge in [-0.1, -0.05) is 29.8 Å². The average Bonchev–Trinajstić information content (AvgIpc) is 2.88. The molecule has 0 fully saturated rings. The van der Waals surface area contributed by atoms with E-state index in [2.05, 4.69) is 19.9 Å². The Morgan fingerprint density at radius 3 is 2.84 bits per heavy atom. The lowest BCUT2D eigenvalue weighted by Crippen LogP contribution is -2.25. The molecule has 1 aromatic heterocycles. The van der Waals surface area contributed by atoms with Crippen molar-refractivity contribution in [2.24, 2.45) is 0 Å². The van der Waals surface area contributed by atoms with Gasteiger partial charge in [-0.3, -0.25) is 0 Å². The number of thiophene rings is 1. The first-order valence-corrected chi connectivity index (χ1v) is 7.45.